The first-order valence-corrected chi connectivity index (χ1v) is 30.4. The summed E-state index contributed by atoms with van der Waals surface area (Å²) in [5.41, 5.74) is 0. The van der Waals surface area contributed by atoms with Gasteiger partial charge in [0.15, 0.2) is 6.10 Å². The molecule has 0 unspecified atom stereocenters. The maximum Gasteiger partial charge on any atom is 0.306 e. The smallest absolute Gasteiger partial charge is 0.306 e. The summed E-state index contributed by atoms with van der Waals surface area (Å²) in [7, 11) is 0. The summed E-state index contributed by atoms with van der Waals surface area (Å²) in [6, 6.07) is 0. The lowest BCUT2D eigenvalue weighted by molar-refractivity contribution is -0.167. The van der Waals surface area contributed by atoms with Crippen LogP contribution >= 0.6 is 0 Å². The van der Waals surface area contributed by atoms with E-state index in [9.17, 15) is 14.4 Å². The second-order valence-corrected chi connectivity index (χ2v) is 21.5. The van der Waals surface area contributed by atoms with Gasteiger partial charge in [0.05, 0.1) is 0 Å². The summed E-state index contributed by atoms with van der Waals surface area (Å²) in [5, 5.41) is 0. The molecule has 0 radical (unpaired) electrons. The summed E-state index contributed by atoms with van der Waals surface area (Å²) in [5.74, 6) is 0.0212. The molecule has 0 spiro atoms. The number of rotatable bonds is 56. The number of carbonyl (C=O) groups excluding carboxylic acids is 3. The minimum absolute atomic E-state index is 0.0614. The van der Waals surface area contributed by atoms with Gasteiger partial charge >= 0.3 is 17.9 Å². The largest absolute Gasteiger partial charge is 0.462 e. The molecule has 6 nitrogen and oxygen atoms in total. The van der Waals surface area contributed by atoms with Crippen molar-refractivity contribution in [2.24, 2.45) is 5.92 Å². The third-order valence-corrected chi connectivity index (χ3v) is 14.0. The standard InChI is InChI=1S/C61H118O6/c1-5-7-9-11-13-15-17-19-21-25-29-33-37-41-45-49-53-60(63)66-56-58(55-65-59(62)52-48-44-40-36-32-28-20-18-16-14-12-10-8-6-2)67-61(64)54-50-46-42-38-34-30-26-23-22-24-27-31-35-39-43-47-51-57(3)4/h57-58H,5-56H2,1-4H3/t58-/m1/s1. The van der Waals surface area contributed by atoms with E-state index < -0.39 is 6.10 Å². The Kier molecular flexibility index (Phi) is 54.0. The molecule has 67 heavy (non-hydrogen) atoms. The summed E-state index contributed by atoms with van der Waals surface area (Å²) in [6.07, 6.45) is 60.9. The van der Waals surface area contributed by atoms with Gasteiger partial charge in [-0.2, -0.15) is 0 Å². The molecule has 0 N–H and O–H groups in total. The molecule has 0 bridgehead atoms. The molecule has 0 aromatic rings. The van der Waals surface area contributed by atoms with Crippen molar-refractivity contribution < 1.29 is 28.6 Å². The molecule has 1 atom stereocenters. The fraction of sp³-hybridized carbons (Fsp3) is 0.951. The summed E-state index contributed by atoms with van der Waals surface area (Å²) in [6.45, 7) is 9.08. The molecule has 0 rings (SSSR count). The molecule has 0 aliphatic heterocycles. The first-order valence-electron chi connectivity index (χ1n) is 30.4. The van der Waals surface area contributed by atoms with E-state index in [1.54, 1.807) is 0 Å². The molecular weight excluding hydrogens is 829 g/mol. The minimum atomic E-state index is -0.762. The molecular formula is C61H118O6. The third kappa shape index (κ3) is 55.2. The van der Waals surface area contributed by atoms with E-state index >= 15 is 0 Å². The van der Waals surface area contributed by atoms with Crippen molar-refractivity contribution in [2.75, 3.05) is 13.2 Å². The van der Waals surface area contributed by atoms with Gasteiger partial charge in [0.25, 0.3) is 0 Å². The first-order chi connectivity index (χ1) is 32.9. The van der Waals surface area contributed by atoms with Crippen LogP contribution in [0, 0.1) is 5.92 Å². The van der Waals surface area contributed by atoms with Gasteiger partial charge in [-0.3, -0.25) is 14.4 Å². The first kappa shape index (κ1) is 65.4. The van der Waals surface area contributed by atoms with E-state index in [4.69, 9.17) is 14.2 Å². The third-order valence-electron chi connectivity index (χ3n) is 14.0. The highest BCUT2D eigenvalue weighted by Crippen LogP contribution is 2.18. The van der Waals surface area contributed by atoms with Gasteiger partial charge < -0.3 is 14.2 Å². The van der Waals surface area contributed by atoms with Crippen LogP contribution in [0.3, 0.4) is 0 Å². The molecule has 0 fully saturated rings. The zero-order chi connectivity index (χ0) is 48.8. The SMILES string of the molecule is CCCCCCCCCCCCCCCCCCC(=O)OC[C@@H](COC(=O)CCCCCCCCCCCCCCCC)OC(=O)CCCCCCCCCCCCCCCCCCC(C)C. The Morgan fingerprint density at radius 3 is 0.731 bits per heavy atom. The van der Waals surface area contributed by atoms with Crippen molar-refractivity contribution in [1.29, 1.82) is 0 Å². The lowest BCUT2D eigenvalue weighted by Crippen LogP contribution is -2.30. The number of unbranched alkanes of at least 4 members (excludes halogenated alkanes) is 43. The average molecular weight is 948 g/mol. The van der Waals surface area contributed by atoms with Crippen LogP contribution in [-0.2, 0) is 28.6 Å². The van der Waals surface area contributed by atoms with Crippen molar-refractivity contribution in [3.63, 3.8) is 0 Å². The van der Waals surface area contributed by atoms with Gasteiger partial charge in [0, 0.05) is 19.3 Å². The Hall–Kier alpha value is -1.59. The second-order valence-electron chi connectivity index (χ2n) is 21.5. The van der Waals surface area contributed by atoms with Crippen molar-refractivity contribution in [3.8, 4) is 0 Å². The van der Waals surface area contributed by atoms with E-state index in [0.717, 1.165) is 63.7 Å². The number of hydrogen-bond acceptors (Lipinski definition) is 6. The van der Waals surface area contributed by atoms with Crippen LogP contribution in [0.5, 0.6) is 0 Å². The van der Waals surface area contributed by atoms with E-state index in [2.05, 4.69) is 27.7 Å². The van der Waals surface area contributed by atoms with Gasteiger partial charge in [-0.15, -0.1) is 0 Å². The normalized spacial score (nSPS) is 12.0. The van der Waals surface area contributed by atoms with Crippen LogP contribution in [-0.4, -0.2) is 37.2 Å². The molecule has 6 heteroatoms. The van der Waals surface area contributed by atoms with Crippen molar-refractivity contribution in [2.45, 2.75) is 355 Å². The van der Waals surface area contributed by atoms with Crippen molar-refractivity contribution in [1.82, 2.24) is 0 Å². The van der Waals surface area contributed by atoms with Crippen LogP contribution < -0.4 is 0 Å². The topological polar surface area (TPSA) is 78.9 Å². The predicted molar refractivity (Wildman–Crippen MR) is 289 cm³/mol. The molecule has 0 amide bonds. The molecule has 0 aliphatic carbocycles. The van der Waals surface area contributed by atoms with E-state index in [1.807, 2.05) is 0 Å². The number of hydrogen-bond donors (Lipinski definition) is 0. The van der Waals surface area contributed by atoms with Gasteiger partial charge in [-0.1, -0.05) is 310 Å². The zero-order valence-electron chi connectivity index (χ0n) is 45.9. The molecule has 0 heterocycles. The molecule has 0 aromatic carbocycles. The van der Waals surface area contributed by atoms with E-state index in [-0.39, 0.29) is 31.1 Å². The fourth-order valence-electron chi connectivity index (χ4n) is 9.46. The maximum atomic E-state index is 12.9. The average Bonchev–Trinajstić information content (AvgIpc) is 3.31. The molecule has 0 aliphatic rings. The minimum Gasteiger partial charge on any atom is -0.462 e. The number of ether oxygens (including phenoxy) is 3. The molecule has 398 valence electrons. The highest BCUT2D eigenvalue weighted by atomic mass is 16.6. The highest BCUT2D eigenvalue weighted by molar-refractivity contribution is 5.71. The van der Waals surface area contributed by atoms with Gasteiger partial charge in [0.2, 0.25) is 0 Å². The van der Waals surface area contributed by atoms with Crippen LogP contribution in [0.25, 0.3) is 0 Å². The molecule has 0 saturated carbocycles. The lowest BCUT2D eigenvalue weighted by Gasteiger charge is -2.18. The van der Waals surface area contributed by atoms with Crippen LogP contribution in [0.2, 0.25) is 0 Å². The van der Waals surface area contributed by atoms with Gasteiger partial charge in [0.1, 0.15) is 13.2 Å². The Labute approximate surface area is 418 Å². The predicted octanol–water partition coefficient (Wildman–Crippen LogP) is 20.2. The molecule has 0 saturated heterocycles. The Morgan fingerprint density at radius 2 is 0.493 bits per heavy atom. The van der Waals surface area contributed by atoms with Crippen LogP contribution in [0.1, 0.15) is 349 Å². The number of carbonyl (C=O) groups is 3. The monoisotopic (exact) mass is 947 g/mol. The summed E-state index contributed by atoms with van der Waals surface area (Å²) < 4.78 is 16.9. The molecule has 0 aromatic heterocycles. The Bertz CT molecular complexity index is 1010. The fourth-order valence-corrected chi connectivity index (χ4v) is 9.46. The van der Waals surface area contributed by atoms with Gasteiger partial charge in [-0.25, -0.2) is 0 Å². The quantitative estimate of drug-likeness (QED) is 0.0343. The summed E-state index contributed by atoms with van der Waals surface area (Å²) >= 11 is 0. The summed E-state index contributed by atoms with van der Waals surface area (Å²) in [4.78, 5) is 38.2. The highest BCUT2D eigenvalue weighted by Gasteiger charge is 2.19. The number of esters is 3. The van der Waals surface area contributed by atoms with Crippen LogP contribution in [0.15, 0.2) is 0 Å². The maximum absolute atomic E-state index is 12.9. The Balaban J connectivity index is 4.28. The van der Waals surface area contributed by atoms with Gasteiger partial charge in [-0.05, 0) is 25.2 Å². The zero-order valence-corrected chi connectivity index (χ0v) is 45.9. The van der Waals surface area contributed by atoms with Crippen molar-refractivity contribution >= 4 is 17.9 Å². The Morgan fingerprint density at radius 1 is 0.284 bits per heavy atom. The second kappa shape index (κ2) is 55.3. The van der Waals surface area contributed by atoms with E-state index in [0.29, 0.717) is 19.3 Å². The lowest BCUT2D eigenvalue weighted by atomic mass is 10.0. The van der Waals surface area contributed by atoms with Crippen LogP contribution in [0.4, 0.5) is 0 Å². The van der Waals surface area contributed by atoms with E-state index in [1.165, 1.54) is 244 Å². The van der Waals surface area contributed by atoms with Crippen molar-refractivity contribution in [3.05, 3.63) is 0 Å².